The van der Waals surface area contributed by atoms with E-state index < -0.39 is 5.41 Å². The molecule has 1 saturated carbocycles. The van der Waals surface area contributed by atoms with E-state index in [1.807, 2.05) is 17.5 Å². The van der Waals surface area contributed by atoms with Gasteiger partial charge in [0.25, 0.3) is 0 Å². The largest absolute Gasteiger partial charge is 0.497 e. The van der Waals surface area contributed by atoms with Crippen LogP contribution >= 0.6 is 34.4 Å². The van der Waals surface area contributed by atoms with Gasteiger partial charge in [0.05, 0.1) is 31.1 Å². The predicted molar refractivity (Wildman–Crippen MR) is 132 cm³/mol. The first-order valence-electron chi connectivity index (χ1n) is 10.4. The summed E-state index contributed by atoms with van der Waals surface area (Å²) in [5, 5.41) is 16.5. The minimum absolute atomic E-state index is 0.0282. The Morgan fingerprint density at radius 3 is 2.64 bits per heavy atom. The van der Waals surface area contributed by atoms with E-state index in [4.69, 9.17) is 9.47 Å². The van der Waals surface area contributed by atoms with Crippen LogP contribution < -0.4 is 20.1 Å². The number of amides is 2. The Hall–Kier alpha value is -2.63. The summed E-state index contributed by atoms with van der Waals surface area (Å²) < 4.78 is 11.1. The van der Waals surface area contributed by atoms with E-state index in [2.05, 4.69) is 20.8 Å². The number of benzene rings is 1. The van der Waals surface area contributed by atoms with Gasteiger partial charge >= 0.3 is 0 Å². The fourth-order valence-electron chi connectivity index (χ4n) is 3.87. The maximum atomic E-state index is 13.2. The number of thiophene rings is 1. The number of hydrogen-bond donors (Lipinski definition) is 2. The molecule has 8 nitrogen and oxygen atoms in total. The summed E-state index contributed by atoms with van der Waals surface area (Å²) in [5.74, 6) is 1.07. The molecule has 1 aromatic carbocycles. The molecular weight excluding hydrogens is 480 g/mol. The molecule has 0 radical (unpaired) electrons. The number of thioether (sulfide) groups is 1. The molecule has 1 aliphatic carbocycles. The van der Waals surface area contributed by atoms with Crippen molar-refractivity contribution in [2.45, 2.75) is 35.4 Å². The lowest BCUT2D eigenvalue weighted by Gasteiger charge is -2.25. The van der Waals surface area contributed by atoms with Crippen molar-refractivity contribution in [2.75, 3.05) is 30.6 Å². The average Bonchev–Trinajstić information content (AvgIpc) is 3.60. The zero-order valence-corrected chi connectivity index (χ0v) is 20.7. The number of ether oxygens (including phenoxy) is 2. The van der Waals surface area contributed by atoms with Gasteiger partial charge in [0.2, 0.25) is 16.9 Å². The Kier molecular flexibility index (Phi) is 7.51. The van der Waals surface area contributed by atoms with E-state index in [1.165, 1.54) is 30.2 Å². The molecule has 0 unspecified atom stereocenters. The summed E-state index contributed by atoms with van der Waals surface area (Å²) >= 11 is 4.15. The summed E-state index contributed by atoms with van der Waals surface area (Å²) in [6, 6.07) is 9.20. The minimum Gasteiger partial charge on any atom is -0.497 e. The van der Waals surface area contributed by atoms with E-state index in [0.717, 1.165) is 30.6 Å². The SMILES string of the molecule is COc1ccc(NC(=O)CSc2nnc(NC(=O)C3(c4cccs4)CCCC3)s2)c(OC)c1. The zero-order chi connectivity index (χ0) is 23.3. The van der Waals surface area contributed by atoms with Crippen molar-refractivity contribution in [1.29, 1.82) is 0 Å². The normalized spacial score (nSPS) is 14.6. The summed E-state index contributed by atoms with van der Waals surface area (Å²) in [6.45, 7) is 0. The first-order valence-corrected chi connectivity index (χ1v) is 13.1. The number of nitrogens with one attached hydrogen (secondary N) is 2. The van der Waals surface area contributed by atoms with Gasteiger partial charge < -0.3 is 14.8 Å². The Balaban J connectivity index is 1.34. The lowest BCUT2D eigenvalue weighted by molar-refractivity contribution is -0.121. The van der Waals surface area contributed by atoms with Crippen molar-refractivity contribution in [3.05, 3.63) is 40.6 Å². The van der Waals surface area contributed by atoms with Crippen LogP contribution in [0.25, 0.3) is 0 Å². The summed E-state index contributed by atoms with van der Waals surface area (Å²) in [7, 11) is 3.10. The van der Waals surface area contributed by atoms with Crippen LogP contribution in [0.3, 0.4) is 0 Å². The molecule has 1 fully saturated rings. The number of hydrogen-bond acceptors (Lipinski definition) is 9. The summed E-state index contributed by atoms with van der Waals surface area (Å²) in [6.07, 6.45) is 3.76. The van der Waals surface area contributed by atoms with Crippen molar-refractivity contribution < 1.29 is 19.1 Å². The fraction of sp³-hybridized carbons (Fsp3) is 0.364. The molecule has 0 saturated heterocycles. The molecule has 2 heterocycles. The highest BCUT2D eigenvalue weighted by Crippen LogP contribution is 2.44. The molecule has 2 aromatic heterocycles. The number of nitrogens with zero attached hydrogens (tertiary/aromatic N) is 2. The van der Waals surface area contributed by atoms with Gasteiger partial charge in [-0.2, -0.15) is 0 Å². The highest BCUT2D eigenvalue weighted by atomic mass is 32.2. The predicted octanol–water partition coefficient (Wildman–Crippen LogP) is 4.80. The van der Waals surface area contributed by atoms with E-state index in [9.17, 15) is 9.59 Å². The van der Waals surface area contributed by atoms with Crippen LogP contribution in [0.2, 0.25) is 0 Å². The Labute approximate surface area is 204 Å². The number of carbonyl (C=O) groups excluding carboxylic acids is 2. The number of aromatic nitrogens is 2. The van der Waals surface area contributed by atoms with Gasteiger partial charge in [0, 0.05) is 10.9 Å². The van der Waals surface area contributed by atoms with Crippen LogP contribution in [0.1, 0.15) is 30.6 Å². The number of rotatable bonds is 9. The molecule has 174 valence electrons. The van der Waals surface area contributed by atoms with Crippen molar-refractivity contribution in [2.24, 2.45) is 0 Å². The van der Waals surface area contributed by atoms with Crippen molar-refractivity contribution in [3.8, 4) is 11.5 Å². The first-order chi connectivity index (χ1) is 16.0. The van der Waals surface area contributed by atoms with Crippen LogP contribution in [-0.4, -0.2) is 42.0 Å². The van der Waals surface area contributed by atoms with E-state index >= 15 is 0 Å². The van der Waals surface area contributed by atoms with E-state index in [-0.39, 0.29) is 17.6 Å². The molecule has 0 atom stereocenters. The Bertz CT molecular complexity index is 1110. The van der Waals surface area contributed by atoms with Crippen LogP contribution in [0, 0.1) is 0 Å². The highest BCUT2D eigenvalue weighted by Gasteiger charge is 2.43. The first kappa shape index (κ1) is 23.5. The molecule has 0 spiro atoms. The summed E-state index contributed by atoms with van der Waals surface area (Å²) in [5.41, 5.74) is 0.0781. The highest BCUT2D eigenvalue weighted by molar-refractivity contribution is 8.01. The lowest BCUT2D eigenvalue weighted by atomic mass is 9.83. The molecular formula is C22H24N4O4S3. The molecule has 2 N–H and O–H groups in total. The number of carbonyl (C=O) groups is 2. The third kappa shape index (κ3) is 5.31. The third-order valence-corrected chi connectivity index (χ3v) is 8.57. The third-order valence-electron chi connectivity index (χ3n) is 5.52. The molecule has 3 aromatic rings. The van der Waals surface area contributed by atoms with Gasteiger partial charge in [-0.3, -0.25) is 14.9 Å². The topological polar surface area (TPSA) is 102 Å². The minimum atomic E-state index is -0.482. The monoisotopic (exact) mass is 504 g/mol. The standard InChI is InChI=1S/C22H24N4O4S3/c1-29-14-7-8-15(16(12-14)30-2)23-18(27)13-32-21-26-25-20(33-21)24-19(28)22(9-3-4-10-22)17-6-5-11-31-17/h5-8,11-12H,3-4,9-10,13H2,1-2H3,(H,23,27)(H,24,25,28). The quantitative estimate of drug-likeness (QED) is 0.319. The van der Waals surface area contributed by atoms with Crippen LogP contribution in [0.4, 0.5) is 10.8 Å². The van der Waals surface area contributed by atoms with Crippen LogP contribution in [-0.2, 0) is 15.0 Å². The van der Waals surface area contributed by atoms with Crippen molar-refractivity contribution >= 4 is 57.1 Å². The van der Waals surface area contributed by atoms with Crippen LogP contribution in [0.15, 0.2) is 40.1 Å². The summed E-state index contributed by atoms with van der Waals surface area (Å²) in [4.78, 5) is 26.7. The van der Waals surface area contributed by atoms with E-state index in [1.54, 1.807) is 36.6 Å². The molecule has 4 rings (SSSR count). The second kappa shape index (κ2) is 10.5. The lowest BCUT2D eigenvalue weighted by Crippen LogP contribution is -2.37. The number of methoxy groups -OCH3 is 2. The molecule has 1 aliphatic rings. The molecule has 0 bridgehead atoms. The average molecular weight is 505 g/mol. The van der Waals surface area contributed by atoms with Crippen molar-refractivity contribution in [3.63, 3.8) is 0 Å². The molecule has 2 amide bonds. The second-order valence-electron chi connectivity index (χ2n) is 7.50. The van der Waals surface area contributed by atoms with Gasteiger partial charge in [-0.15, -0.1) is 21.5 Å². The maximum Gasteiger partial charge on any atom is 0.237 e. The van der Waals surface area contributed by atoms with Crippen molar-refractivity contribution in [1.82, 2.24) is 10.2 Å². The molecule has 11 heteroatoms. The second-order valence-corrected chi connectivity index (χ2v) is 10.6. The zero-order valence-electron chi connectivity index (χ0n) is 18.3. The molecule has 0 aliphatic heterocycles. The fourth-order valence-corrected chi connectivity index (χ4v) is 6.40. The van der Waals surface area contributed by atoms with Gasteiger partial charge in [-0.25, -0.2) is 0 Å². The van der Waals surface area contributed by atoms with Gasteiger partial charge in [0.1, 0.15) is 11.5 Å². The van der Waals surface area contributed by atoms with Crippen LogP contribution in [0.5, 0.6) is 11.5 Å². The van der Waals surface area contributed by atoms with Gasteiger partial charge in [-0.1, -0.05) is 42.0 Å². The smallest absolute Gasteiger partial charge is 0.237 e. The van der Waals surface area contributed by atoms with Gasteiger partial charge in [-0.05, 0) is 36.4 Å². The Morgan fingerprint density at radius 2 is 1.94 bits per heavy atom. The Morgan fingerprint density at radius 1 is 1.12 bits per heavy atom. The number of anilines is 2. The van der Waals surface area contributed by atoms with E-state index in [0.29, 0.717) is 26.7 Å². The molecule has 33 heavy (non-hydrogen) atoms. The maximum absolute atomic E-state index is 13.2. The van der Waals surface area contributed by atoms with Gasteiger partial charge in [0.15, 0.2) is 4.34 Å².